The van der Waals surface area contributed by atoms with Crippen LogP contribution in [0.2, 0.25) is 0 Å². The maximum absolute atomic E-state index is 12.7. The van der Waals surface area contributed by atoms with Gasteiger partial charge in [-0.15, -0.1) is 0 Å². The van der Waals surface area contributed by atoms with E-state index in [4.69, 9.17) is 9.84 Å². The number of nitrogens with zero attached hydrogens (tertiary/aromatic N) is 6. The number of aromatic amines is 1. The summed E-state index contributed by atoms with van der Waals surface area (Å²) in [5.74, 6) is -1.15. The van der Waals surface area contributed by atoms with Crippen LogP contribution in [0, 0.1) is 0 Å². The second-order valence-electron chi connectivity index (χ2n) is 7.49. The van der Waals surface area contributed by atoms with Crippen molar-refractivity contribution in [3.05, 3.63) is 70.0 Å². The average molecular weight is 465 g/mol. The fourth-order valence-corrected chi connectivity index (χ4v) is 3.49. The summed E-state index contributed by atoms with van der Waals surface area (Å²) < 4.78 is 7.89. The van der Waals surface area contributed by atoms with Crippen LogP contribution >= 0.6 is 0 Å². The first-order valence-corrected chi connectivity index (χ1v) is 10.5. The van der Waals surface area contributed by atoms with Gasteiger partial charge in [-0.2, -0.15) is 10.1 Å². The Morgan fingerprint density at radius 2 is 1.97 bits per heavy atom. The number of aromatic nitrogens is 6. The molecule has 0 bridgehead atoms. The molecule has 3 heterocycles. The van der Waals surface area contributed by atoms with Crippen LogP contribution in [0.15, 0.2) is 47.8 Å². The van der Waals surface area contributed by atoms with Gasteiger partial charge in [-0.1, -0.05) is 12.1 Å². The number of carbonyl (C=O) groups excluding carboxylic acids is 1. The fraction of sp³-hybridized carbons (Fsp3) is 0.273. The van der Waals surface area contributed by atoms with Gasteiger partial charge >= 0.3 is 5.97 Å². The number of carboxylic acid groups (broad SMARTS) is 1. The molecule has 0 fully saturated rings. The fourth-order valence-electron chi connectivity index (χ4n) is 3.49. The summed E-state index contributed by atoms with van der Waals surface area (Å²) in [4.78, 5) is 49.3. The van der Waals surface area contributed by atoms with Gasteiger partial charge < -0.3 is 19.3 Å². The molecule has 12 nitrogen and oxygen atoms in total. The first-order chi connectivity index (χ1) is 16.4. The third-order valence-corrected chi connectivity index (χ3v) is 5.31. The molecule has 0 saturated heterocycles. The highest BCUT2D eigenvalue weighted by molar-refractivity contribution is 5.94. The Balaban J connectivity index is 1.55. The van der Waals surface area contributed by atoms with E-state index in [9.17, 15) is 14.4 Å². The van der Waals surface area contributed by atoms with Crippen molar-refractivity contribution in [1.29, 1.82) is 0 Å². The minimum Gasteiger partial charge on any atom is -0.478 e. The molecule has 0 atom stereocenters. The molecule has 0 unspecified atom stereocenters. The van der Waals surface area contributed by atoms with Crippen molar-refractivity contribution in [2.24, 2.45) is 0 Å². The second kappa shape index (κ2) is 9.67. The zero-order valence-corrected chi connectivity index (χ0v) is 18.6. The third-order valence-electron chi connectivity index (χ3n) is 5.31. The summed E-state index contributed by atoms with van der Waals surface area (Å²) in [5, 5.41) is 13.0. The zero-order valence-electron chi connectivity index (χ0n) is 18.6. The molecule has 176 valence electrons. The first kappa shape index (κ1) is 22.9. The Morgan fingerprint density at radius 1 is 1.21 bits per heavy atom. The molecule has 0 radical (unpaired) electrons. The van der Waals surface area contributed by atoms with Crippen molar-refractivity contribution in [2.75, 3.05) is 26.8 Å². The Morgan fingerprint density at radius 3 is 2.62 bits per heavy atom. The predicted molar refractivity (Wildman–Crippen MR) is 121 cm³/mol. The van der Waals surface area contributed by atoms with Gasteiger partial charge in [-0.25, -0.2) is 14.5 Å². The first-order valence-electron chi connectivity index (χ1n) is 10.5. The van der Waals surface area contributed by atoms with Crippen LogP contribution in [0.5, 0.6) is 0 Å². The molecule has 1 amide bonds. The molecule has 2 N–H and O–H groups in total. The minimum atomic E-state index is -1.14. The molecule has 34 heavy (non-hydrogen) atoms. The van der Waals surface area contributed by atoms with Gasteiger partial charge in [0.05, 0.1) is 24.7 Å². The highest BCUT2D eigenvalue weighted by Gasteiger charge is 2.16. The summed E-state index contributed by atoms with van der Waals surface area (Å²) in [6.07, 6.45) is 3.92. The van der Waals surface area contributed by atoms with E-state index >= 15 is 0 Å². The molecular weight excluding hydrogens is 442 g/mol. The number of rotatable bonds is 9. The van der Waals surface area contributed by atoms with Crippen molar-refractivity contribution in [2.45, 2.75) is 13.5 Å². The number of imidazole rings is 1. The number of likely N-dealkylation sites (N-methyl/N-ethyl adjacent to an activating group) is 1. The van der Waals surface area contributed by atoms with Gasteiger partial charge in [0, 0.05) is 38.5 Å². The zero-order chi connectivity index (χ0) is 24.2. The summed E-state index contributed by atoms with van der Waals surface area (Å²) in [7, 11) is 1.60. The van der Waals surface area contributed by atoms with Crippen LogP contribution in [0.3, 0.4) is 0 Å². The number of hydrogen-bond acceptors (Lipinski definition) is 7. The van der Waals surface area contributed by atoms with Crippen molar-refractivity contribution in [1.82, 2.24) is 34.2 Å². The molecule has 0 aliphatic carbocycles. The monoisotopic (exact) mass is 465 g/mol. The summed E-state index contributed by atoms with van der Waals surface area (Å²) in [6, 6.07) is 7.17. The van der Waals surface area contributed by atoms with E-state index in [1.54, 1.807) is 28.7 Å². The number of amides is 1. The minimum absolute atomic E-state index is 0.0315. The summed E-state index contributed by atoms with van der Waals surface area (Å²) >= 11 is 0. The Labute approximate surface area is 193 Å². The maximum Gasteiger partial charge on any atom is 0.338 e. The molecule has 4 rings (SSSR count). The van der Waals surface area contributed by atoms with Crippen LogP contribution in [-0.2, 0) is 11.3 Å². The number of methoxy groups -OCH3 is 1. The van der Waals surface area contributed by atoms with Gasteiger partial charge in [0.15, 0.2) is 11.2 Å². The van der Waals surface area contributed by atoms with Gasteiger partial charge in [0.1, 0.15) is 0 Å². The van der Waals surface area contributed by atoms with E-state index in [1.165, 1.54) is 17.2 Å². The molecule has 12 heteroatoms. The lowest BCUT2D eigenvalue weighted by Crippen LogP contribution is -2.33. The lowest BCUT2D eigenvalue weighted by Gasteiger charge is -2.20. The number of H-pyrrole nitrogens is 1. The van der Waals surface area contributed by atoms with E-state index in [-0.39, 0.29) is 28.6 Å². The van der Waals surface area contributed by atoms with Gasteiger partial charge in [-0.05, 0) is 24.6 Å². The second-order valence-corrected chi connectivity index (χ2v) is 7.49. The molecule has 4 aromatic rings. The number of ether oxygens (including phenoxy) is 1. The van der Waals surface area contributed by atoms with Gasteiger partial charge in [0.25, 0.3) is 11.5 Å². The molecule has 0 saturated carbocycles. The number of carbonyl (C=O) groups is 2. The predicted octanol–water partition coefficient (Wildman–Crippen LogP) is 1.16. The largest absolute Gasteiger partial charge is 0.478 e. The van der Waals surface area contributed by atoms with Crippen LogP contribution in [0.25, 0.3) is 17.1 Å². The van der Waals surface area contributed by atoms with Crippen LogP contribution in [0.1, 0.15) is 33.2 Å². The Kier molecular flexibility index (Phi) is 6.50. The summed E-state index contributed by atoms with van der Waals surface area (Å²) in [6.45, 7) is 3.83. The van der Waals surface area contributed by atoms with Crippen molar-refractivity contribution in [3.63, 3.8) is 0 Å². The van der Waals surface area contributed by atoms with Crippen LogP contribution < -0.4 is 5.56 Å². The van der Waals surface area contributed by atoms with Crippen LogP contribution in [-0.4, -0.2) is 78.0 Å². The molecule has 0 aliphatic rings. The third kappa shape index (κ3) is 4.57. The number of nitrogens with one attached hydrogen (secondary N) is 1. The molecule has 3 aromatic heterocycles. The lowest BCUT2D eigenvalue weighted by atomic mass is 10.1. The lowest BCUT2D eigenvalue weighted by molar-refractivity contribution is 0.0692. The van der Waals surface area contributed by atoms with Crippen molar-refractivity contribution in [3.8, 4) is 5.95 Å². The summed E-state index contributed by atoms with van der Waals surface area (Å²) in [5.41, 5.74) is 1.45. The topological polar surface area (TPSA) is 148 Å². The highest BCUT2D eigenvalue weighted by Crippen LogP contribution is 2.13. The SMILES string of the molecule is CCN(CCOC)C(=O)c1ccc(Cn2cnc3nc(-n4cc(C(=O)O)cn4)[nH]c(=O)c32)cc1. The van der Waals surface area contributed by atoms with E-state index in [2.05, 4.69) is 20.1 Å². The number of fused-ring (bicyclic) bond motifs is 1. The van der Waals surface area contributed by atoms with Crippen molar-refractivity contribution >= 4 is 23.0 Å². The number of benzene rings is 1. The van der Waals surface area contributed by atoms with Crippen LogP contribution in [0.4, 0.5) is 0 Å². The number of aromatic carboxylic acids is 1. The smallest absolute Gasteiger partial charge is 0.338 e. The molecule has 0 spiro atoms. The Hall–Kier alpha value is -4.32. The Bertz CT molecular complexity index is 1390. The quantitative estimate of drug-likeness (QED) is 0.374. The molecule has 0 aliphatic heterocycles. The van der Waals surface area contributed by atoms with E-state index in [0.717, 1.165) is 11.8 Å². The van der Waals surface area contributed by atoms with Crippen molar-refractivity contribution < 1.29 is 19.4 Å². The van der Waals surface area contributed by atoms with E-state index in [1.807, 2.05) is 19.1 Å². The normalized spacial score (nSPS) is 11.1. The van der Waals surface area contributed by atoms with Gasteiger partial charge in [0.2, 0.25) is 5.95 Å². The van der Waals surface area contributed by atoms with E-state index < -0.39 is 11.5 Å². The molecular formula is C22H23N7O5. The number of carboxylic acids is 1. The maximum atomic E-state index is 12.7. The standard InChI is InChI=1S/C22H23N7O5/c1-3-27(8-9-34-2)20(31)15-6-4-14(5-7-15)11-28-13-23-18-17(28)19(30)26-22(25-18)29-12-16(10-24-29)21(32)33/h4-7,10,12-13H,3,8-9,11H2,1-2H3,(H,32,33)(H,25,26,30). The average Bonchev–Trinajstić information content (AvgIpc) is 3.48. The van der Waals surface area contributed by atoms with Gasteiger partial charge in [-0.3, -0.25) is 14.6 Å². The highest BCUT2D eigenvalue weighted by atomic mass is 16.5. The number of hydrogen-bond donors (Lipinski definition) is 2. The van der Waals surface area contributed by atoms with E-state index in [0.29, 0.717) is 31.8 Å². The molecule has 1 aromatic carbocycles.